The Bertz CT molecular complexity index is 872. The average molecular weight is 615 g/mol. The van der Waals surface area contributed by atoms with Gasteiger partial charge in [0.1, 0.15) is 0 Å². The number of urea groups is 1. The van der Waals surface area contributed by atoms with E-state index in [1.54, 1.807) is 21.6 Å². The summed E-state index contributed by atoms with van der Waals surface area (Å²) in [7, 11) is 8.75. The van der Waals surface area contributed by atoms with Crippen LogP contribution < -0.4 is 31.9 Å². The summed E-state index contributed by atoms with van der Waals surface area (Å²) in [4.78, 5) is 45.8. The van der Waals surface area contributed by atoms with Crippen molar-refractivity contribution in [3.05, 3.63) is 60.7 Å². The lowest BCUT2D eigenvalue weighted by Crippen LogP contribution is -2.41. The Hall–Kier alpha value is -3.62. The normalized spacial score (nSPS) is 8.49. The number of carbonyl (C=O) groups is 4. The highest BCUT2D eigenvalue weighted by atomic mass is 33.1. The number of hydrogen-bond donors (Lipinski definition) is 6. The Balaban J connectivity index is -0.000000594. The van der Waals surface area contributed by atoms with E-state index in [0.717, 1.165) is 0 Å². The molecule has 0 aromatic heterocycles. The van der Waals surface area contributed by atoms with Gasteiger partial charge in [-0.05, 0) is 38.4 Å². The molecule has 0 unspecified atom stereocenters. The highest BCUT2D eigenvalue weighted by Gasteiger charge is 2.05. The minimum atomic E-state index is -0.879. The molecule has 41 heavy (non-hydrogen) atoms. The van der Waals surface area contributed by atoms with E-state index in [9.17, 15) is 19.2 Å². The molecule has 0 aliphatic heterocycles. The third-order valence-corrected chi connectivity index (χ3v) is 5.80. The van der Waals surface area contributed by atoms with E-state index in [2.05, 4.69) is 89.9 Å². The van der Waals surface area contributed by atoms with Crippen LogP contribution in [0.5, 0.6) is 0 Å². The van der Waals surface area contributed by atoms with Crippen LogP contribution in [0.4, 0.5) is 14.4 Å². The van der Waals surface area contributed by atoms with Crippen LogP contribution in [-0.2, 0) is 14.3 Å². The van der Waals surface area contributed by atoms with Crippen LogP contribution in [0.1, 0.15) is 34.6 Å². The van der Waals surface area contributed by atoms with Crippen molar-refractivity contribution in [2.75, 3.05) is 41.3 Å². The van der Waals surface area contributed by atoms with E-state index >= 15 is 0 Å². The van der Waals surface area contributed by atoms with Gasteiger partial charge in [-0.15, -0.1) is 0 Å². The lowest BCUT2D eigenvalue weighted by atomic mass is 10.4. The van der Waals surface area contributed by atoms with Crippen LogP contribution in [0, 0.1) is 0 Å². The van der Waals surface area contributed by atoms with Crippen LogP contribution in [0.2, 0.25) is 0 Å². The maximum Gasteiger partial charge on any atom is 0.411 e. The molecular formula is C27H46N6O6S2. The quantitative estimate of drug-likeness (QED) is 0.173. The van der Waals surface area contributed by atoms with Gasteiger partial charge in [0.05, 0.1) is 13.3 Å². The lowest BCUT2D eigenvalue weighted by molar-refractivity contribution is -0.119. The molecule has 5 amide bonds. The molecule has 0 saturated carbocycles. The van der Waals surface area contributed by atoms with Gasteiger partial charge in [0.2, 0.25) is 12.7 Å². The number of hydrogen-bond acceptors (Lipinski definition) is 9. The maximum atomic E-state index is 11.0. The first kappa shape index (κ1) is 41.9. The summed E-state index contributed by atoms with van der Waals surface area (Å²) < 4.78 is 8.92. The van der Waals surface area contributed by atoms with Gasteiger partial charge in [-0.3, -0.25) is 4.79 Å². The van der Waals surface area contributed by atoms with Gasteiger partial charge in [-0.2, -0.15) is 0 Å². The Morgan fingerprint density at radius 3 is 1.34 bits per heavy atom. The first-order valence-corrected chi connectivity index (χ1v) is 15.0. The molecule has 0 aliphatic carbocycles. The van der Waals surface area contributed by atoms with Crippen LogP contribution in [-0.4, -0.2) is 65.4 Å². The third-order valence-electron chi connectivity index (χ3n) is 3.38. The lowest BCUT2D eigenvalue weighted by Gasteiger charge is -2.09. The molecule has 0 spiro atoms. The summed E-state index contributed by atoms with van der Waals surface area (Å²) in [5.41, 5.74) is 0. The van der Waals surface area contributed by atoms with Crippen LogP contribution in [0.3, 0.4) is 0 Å². The standard InChI is InChI=1S/C12H10S2.C9H17N5O6.C2H7N.2C2H6/c1-3-7-11(8-4-1)13-14-12-9-5-2-6-10-12;1-6(15)11-3-13-8(17)19-5-20-9(18)14-4-12-7(16)10-2;1-3-2;2*1-2/h1-10H;3-5H2,1-2H3,(H,11,15)(H,13,17)(H,14,18)(H2,10,12,16);3H,1-2H3;2*1-2H3. The zero-order valence-corrected chi connectivity index (χ0v) is 26.8. The fourth-order valence-electron chi connectivity index (χ4n) is 1.81. The van der Waals surface area contributed by atoms with E-state index in [4.69, 9.17) is 0 Å². The molecule has 0 fully saturated rings. The predicted octanol–water partition coefficient (Wildman–Crippen LogP) is 4.75. The fourth-order valence-corrected chi connectivity index (χ4v) is 3.79. The van der Waals surface area contributed by atoms with Gasteiger partial charge in [-0.1, -0.05) is 85.7 Å². The summed E-state index contributed by atoms with van der Waals surface area (Å²) in [6, 6.07) is 20.4. The van der Waals surface area contributed by atoms with E-state index < -0.39 is 25.0 Å². The molecule has 0 atom stereocenters. The molecular weight excluding hydrogens is 568 g/mol. The first-order chi connectivity index (χ1) is 19.8. The number of ether oxygens (including phenoxy) is 2. The summed E-state index contributed by atoms with van der Waals surface area (Å²) >= 11 is 0. The summed E-state index contributed by atoms with van der Waals surface area (Å²) in [5.74, 6) is -0.315. The summed E-state index contributed by atoms with van der Waals surface area (Å²) in [5, 5.41) is 14.0. The smallest absolute Gasteiger partial charge is 0.411 e. The highest BCUT2D eigenvalue weighted by molar-refractivity contribution is 8.76. The number of carbonyl (C=O) groups excluding carboxylic acids is 4. The van der Waals surface area contributed by atoms with Crippen molar-refractivity contribution in [1.29, 1.82) is 0 Å². The van der Waals surface area contributed by atoms with E-state index in [0.29, 0.717) is 0 Å². The van der Waals surface area contributed by atoms with E-state index in [-0.39, 0.29) is 19.2 Å². The van der Waals surface area contributed by atoms with Crippen molar-refractivity contribution < 1.29 is 28.7 Å². The van der Waals surface area contributed by atoms with Gasteiger partial charge in [0.15, 0.2) is 0 Å². The molecule has 2 aromatic rings. The monoisotopic (exact) mass is 614 g/mol. The molecule has 2 aromatic carbocycles. The third kappa shape index (κ3) is 30.8. The summed E-state index contributed by atoms with van der Waals surface area (Å²) in [6.45, 7) is 8.43. The highest BCUT2D eigenvalue weighted by Crippen LogP contribution is 2.36. The van der Waals surface area contributed by atoms with Gasteiger partial charge < -0.3 is 41.4 Å². The Labute approximate surface area is 252 Å². The minimum Gasteiger partial charge on any atom is -0.412 e. The number of amides is 5. The van der Waals surface area contributed by atoms with Crippen molar-refractivity contribution in [3.63, 3.8) is 0 Å². The van der Waals surface area contributed by atoms with Gasteiger partial charge in [-0.25, -0.2) is 14.4 Å². The van der Waals surface area contributed by atoms with Crippen molar-refractivity contribution >= 4 is 45.7 Å². The fraction of sp³-hybridized carbons (Fsp3) is 0.407. The molecule has 14 heteroatoms. The Morgan fingerprint density at radius 1 is 0.634 bits per heavy atom. The van der Waals surface area contributed by atoms with E-state index in [1.807, 2.05) is 53.9 Å². The Kier molecular flexibility index (Phi) is 33.3. The molecule has 232 valence electrons. The van der Waals surface area contributed by atoms with Crippen molar-refractivity contribution in [2.45, 2.75) is 44.4 Å². The summed E-state index contributed by atoms with van der Waals surface area (Å²) in [6.07, 6.45) is -1.74. The van der Waals surface area contributed by atoms with Crippen LogP contribution in [0.15, 0.2) is 70.5 Å². The zero-order valence-electron chi connectivity index (χ0n) is 25.2. The molecule has 12 nitrogen and oxygen atoms in total. The molecule has 0 saturated heterocycles. The molecule has 2 rings (SSSR count). The Morgan fingerprint density at radius 2 is 1.00 bits per heavy atom. The van der Waals surface area contributed by atoms with Gasteiger partial charge in [0, 0.05) is 23.8 Å². The van der Waals surface area contributed by atoms with E-state index in [1.165, 1.54) is 23.8 Å². The number of rotatable bonds is 9. The molecule has 6 N–H and O–H groups in total. The SMILES string of the molecule is CC.CC.CNC.CNC(=O)NCNC(=O)OCOC(=O)NCNC(C)=O.c1ccc(SSc2ccccc2)cc1. The average Bonchev–Trinajstić information content (AvgIpc) is 2.99. The second-order valence-electron chi connectivity index (χ2n) is 6.47. The van der Waals surface area contributed by atoms with Crippen molar-refractivity contribution in [3.8, 4) is 0 Å². The predicted molar refractivity (Wildman–Crippen MR) is 168 cm³/mol. The molecule has 0 bridgehead atoms. The van der Waals surface area contributed by atoms with Crippen LogP contribution in [0.25, 0.3) is 0 Å². The number of benzene rings is 2. The van der Waals surface area contributed by atoms with Gasteiger partial charge >= 0.3 is 18.2 Å². The number of alkyl carbamates (subject to hydrolysis) is 2. The topological polar surface area (TPSA) is 159 Å². The maximum absolute atomic E-state index is 11.0. The molecule has 0 radical (unpaired) electrons. The van der Waals surface area contributed by atoms with Crippen molar-refractivity contribution in [2.24, 2.45) is 0 Å². The van der Waals surface area contributed by atoms with Crippen LogP contribution >= 0.6 is 21.6 Å². The number of nitrogens with one attached hydrogen (secondary N) is 6. The zero-order chi connectivity index (χ0) is 31.7. The largest absolute Gasteiger partial charge is 0.412 e. The molecule has 0 heterocycles. The second-order valence-corrected chi connectivity index (χ2v) is 8.75. The van der Waals surface area contributed by atoms with Gasteiger partial charge in [0.25, 0.3) is 0 Å². The second kappa shape index (κ2) is 32.6. The minimum absolute atomic E-state index is 0.101. The first-order valence-electron chi connectivity index (χ1n) is 12.9. The molecule has 0 aliphatic rings. The van der Waals surface area contributed by atoms with Crippen molar-refractivity contribution in [1.82, 2.24) is 31.9 Å².